The summed E-state index contributed by atoms with van der Waals surface area (Å²) in [6.45, 7) is 16.1. The summed E-state index contributed by atoms with van der Waals surface area (Å²) in [5.74, 6) is 1.34. The number of hydrogen-bond acceptors (Lipinski definition) is 9. The second-order valence-corrected chi connectivity index (χ2v) is 17.0. The average molecular weight is 621 g/mol. The Labute approximate surface area is 262 Å². The Hall–Kier alpha value is -0.810. The summed E-state index contributed by atoms with van der Waals surface area (Å²) in [5.41, 5.74) is 0.126. The first-order valence-corrected chi connectivity index (χ1v) is 17.4. The van der Waals surface area contributed by atoms with Crippen LogP contribution >= 0.6 is 0 Å². The molecule has 2 spiro atoms. The van der Waals surface area contributed by atoms with Gasteiger partial charge in [0.2, 0.25) is 0 Å². The number of carbonyl (C=O) groups is 1. The van der Waals surface area contributed by atoms with Gasteiger partial charge >= 0.3 is 5.97 Å². The Kier molecular flexibility index (Phi) is 7.47. The highest BCUT2D eigenvalue weighted by atomic mass is 16.7. The van der Waals surface area contributed by atoms with Crippen molar-refractivity contribution in [2.45, 2.75) is 149 Å². The number of carbonyl (C=O) groups excluding carboxylic acids is 1. The molecule has 0 bridgehead atoms. The highest BCUT2D eigenvalue weighted by Crippen LogP contribution is 2.89. The van der Waals surface area contributed by atoms with E-state index < -0.39 is 24.6 Å². The molecule has 0 aromatic heterocycles. The van der Waals surface area contributed by atoms with E-state index in [1.54, 1.807) is 0 Å². The standard InChI is InChI=1S/C35H56O9/c1-8-40-25-13-18(2)26-22(43-25)15-33(7)23-14-21(42-19(3)36)29-31(4,5)24(44-30-28(39)27(38)20(37)16-41-30)9-10-35(29)17-34(23,35)12-11-32(26,33)6/h18,20-30,37-39H,8-17H2,1-7H3. The SMILES string of the molecule is CCOC1CC(C)C2C(CC3(C)C4CC(OC(C)=O)C5C(C)(C)C(OC6OCC(O)C(O)C6O)CCC56CC46CCC23C)O1. The highest BCUT2D eigenvalue weighted by molar-refractivity contribution is 5.66. The summed E-state index contributed by atoms with van der Waals surface area (Å²) >= 11 is 0. The Morgan fingerprint density at radius 2 is 1.73 bits per heavy atom. The maximum Gasteiger partial charge on any atom is 0.302 e. The largest absolute Gasteiger partial charge is 0.462 e. The van der Waals surface area contributed by atoms with E-state index >= 15 is 0 Å². The van der Waals surface area contributed by atoms with E-state index in [-0.39, 0.29) is 70.2 Å². The van der Waals surface area contributed by atoms with Crippen molar-refractivity contribution in [1.29, 1.82) is 0 Å². The molecule has 2 heterocycles. The number of aliphatic hydroxyl groups is 3. The number of esters is 1. The fourth-order valence-electron chi connectivity index (χ4n) is 13.2. The number of ether oxygens (including phenoxy) is 5. The lowest BCUT2D eigenvalue weighted by atomic mass is 9.41. The van der Waals surface area contributed by atoms with Gasteiger partial charge in [-0.2, -0.15) is 0 Å². The van der Waals surface area contributed by atoms with Gasteiger partial charge in [0.25, 0.3) is 0 Å². The Balaban J connectivity index is 1.20. The molecule has 16 atom stereocenters. The van der Waals surface area contributed by atoms with Gasteiger partial charge in [-0.3, -0.25) is 4.79 Å². The fourth-order valence-corrected chi connectivity index (χ4v) is 13.2. The molecule has 5 saturated carbocycles. The van der Waals surface area contributed by atoms with Gasteiger partial charge in [0.1, 0.15) is 24.4 Å². The Bertz CT molecular complexity index is 1150. The third kappa shape index (κ3) is 4.11. The van der Waals surface area contributed by atoms with Crippen LogP contribution in [-0.4, -0.2) is 83.7 Å². The first kappa shape index (κ1) is 31.8. The van der Waals surface area contributed by atoms with E-state index in [9.17, 15) is 20.1 Å². The summed E-state index contributed by atoms with van der Waals surface area (Å²) in [4.78, 5) is 12.7. The monoisotopic (exact) mass is 620 g/mol. The van der Waals surface area contributed by atoms with E-state index in [4.69, 9.17) is 23.7 Å². The van der Waals surface area contributed by atoms with Gasteiger partial charge in [-0.1, -0.05) is 34.6 Å². The lowest BCUT2D eigenvalue weighted by Gasteiger charge is -2.64. The van der Waals surface area contributed by atoms with Crippen LogP contribution in [0.2, 0.25) is 0 Å². The number of fused-ring (bicyclic) bond motifs is 4. The van der Waals surface area contributed by atoms with Crippen LogP contribution in [-0.2, 0) is 28.5 Å². The number of rotatable bonds is 5. The molecular weight excluding hydrogens is 564 g/mol. The van der Waals surface area contributed by atoms with Crippen LogP contribution in [0.1, 0.15) is 99.8 Å². The number of hydrogen-bond donors (Lipinski definition) is 3. The van der Waals surface area contributed by atoms with Gasteiger partial charge in [0, 0.05) is 25.9 Å². The van der Waals surface area contributed by atoms with Crippen molar-refractivity contribution >= 4 is 5.97 Å². The molecule has 0 radical (unpaired) electrons. The molecule has 250 valence electrons. The third-order valence-corrected chi connectivity index (χ3v) is 14.9. The summed E-state index contributed by atoms with van der Waals surface area (Å²) in [6.07, 6.45) is 2.98. The lowest BCUT2D eigenvalue weighted by Crippen LogP contribution is -2.63. The molecule has 5 aliphatic carbocycles. The second kappa shape index (κ2) is 10.3. The molecule has 16 unspecified atom stereocenters. The molecule has 0 aromatic carbocycles. The molecule has 3 N–H and O–H groups in total. The first-order chi connectivity index (χ1) is 20.6. The van der Waals surface area contributed by atoms with E-state index in [2.05, 4.69) is 34.6 Å². The minimum atomic E-state index is -1.33. The van der Waals surface area contributed by atoms with Crippen molar-refractivity contribution in [3.8, 4) is 0 Å². The quantitative estimate of drug-likeness (QED) is 0.307. The van der Waals surface area contributed by atoms with Crippen LogP contribution in [0, 0.1) is 50.7 Å². The van der Waals surface area contributed by atoms with E-state index in [0.717, 1.165) is 38.5 Å². The molecule has 7 aliphatic rings. The zero-order valence-corrected chi connectivity index (χ0v) is 27.8. The average Bonchev–Trinajstić information content (AvgIpc) is 3.52. The normalized spacial score (nSPS) is 57.2. The minimum Gasteiger partial charge on any atom is -0.462 e. The molecule has 0 amide bonds. The molecule has 0 aromatic rings. The van der Waals surface area contributed by atoms with Crippen LogP contribution in [0.4, 0.5) is 0 Å². The Morgan fingerprint density at radius 1 is 0.977 bits per heavy atom. The predicted octanol–water partition coefficient (Wildman–Crippen LogP) is 4.19. The first-order valence-electron chi connectivity index (χ1n) is 17.4. The zero-order valence-electron chi connectivity index (χ0n) is 27.8. The van der Waals surface area contributed by atoms with Gasteiger partial charge in [-0.15, -0.1) is 0 Å². The van der Waals surface area contributed by atoms with Gasteiger partial charge in [0.05, 0.1) is 18.8 Å². The lowest BCUT2D eigenvalue weighted by molar-refractivity contribution is -0.307. The third-order valence-electron chi connectivity index (χ3n) is 14.9. The molecule has 2 saturated heterocycles. The maximum absolute atomic E-state index is 12.7. The molecule has 2 aliphatic heterocycles. The number of aliphatic hydroxyl groups excluding tert-OH is 3. The van der Waals surface area contributed by atoms with Crippen molar-refractivity contribution < 1.29 is 43.8 Å². The molecule has 7 fully saturated rings. The molecule has 7 rings (SSSR count). The molecule has 9 heteroatoms. The summed E-state index contributed by atoms with van der Waals surface area (Å²) in [7, 11) is 0. The van der Waals surface area contributed by atoms with E-state index in [0.29, 0.717) is 24.4 Å². The van der Waals surface area contributed by atoms with Crippen LogP contribution in [0.3, 0.4) is 0 Å². The van der Waals surface area contributed by atoms with Gasteiger partial charge in [0.15, 0.2) is 12.6 Å². The fraction of sp³-hybridized carbons (Fsp3) is 0.971. The Morgan fingerprint density at radius 3 is 2.43 bits per heavy atom. The van der Waals surface area contributed by atoms with Crippen LogP contribution in [0.15, 0.2) is 0 Å². The zero-order chi connectivity index (χ0) is 31.6. The topological polar surface area (TPSA) is 124 Å². The van der Waals surface area contributed by atoms with Crippen molar-refractivity contribution in [3.63, 3.8) is 0 Å². The van der Waals surface area contributed by atoms with Crippen LogP contribution in [0.25, 0.3) is 0 Å². The smallest absolute Gasteiger partial charge is 0.302 e. The molecule has 9 nitrogen and oxygen atoms in total. The summed E-state index contributed by atoms with van der Waals surface area (Å²) in [6, 6.07) is 0. The second-order valence-electron chi connectivity index (χ2n) is 17.0. The highest BCUT2D eigenvalue weighted by Gasteiger charge is 2.85. The van der Waals surface area contributed by atoms with E-state index in [1.165, 1.54) is 19.8 Å². The maximum atomic E-state index is 12.7. The van der Waals surface area contributed by atoms with Crippen molar-refractivity contribution in [3.05, 3.63) is 0 Å². The predicted molar refractivity (Wildman–Crippen MR) is 160 cm³/mol. The molecular formula is C35H56O9. The van der Waals surface area contributed by atoms with Crippen molar-refractivity contribution in [2.75, 3.05) is 13.2 Å². The van der Waals surface area contributed by atoms with Gasteiger partial charge in [-0.25, -0.2) is 0 Å². The summed E-state index contributed by atoms with van der Waals surface area (Å²) in [5, 5.41) is 30.9. The van der Waals surface area contributed by atoms with Crippen LogP contribution in [0.5, 0.6) is 0 Å². The van der Waals surface area contributed by atoms with Gasteiger partial charge in [-0.05, 0) is 96.7 Å². The van der Waals surface area contributed by atoms with Crippen molar-refractivity contribution in [1.82, 2.24) is 0 Å². The van der Waals surface area contributed by atoms with Crippen LogP contribution < -0.4 is 0 Å². The van der Waals surface area contributed by atoms with Crippen molar-refractivity contribution in [2.24, 2.45) is 50.7 Å². The minimum absolute atomic E-state index is 0.0668. The van der Waals surface area contributed by atoms with Gasteiger partial charge < -0.3 is 39.0 Å². The van der Waals surface area contributed by atoms with E-state index in [1.807, 2.05) is 6.92 Å². The molecule has 44 heavy (non-hydrogen) atoms. The summed E-state index contributed by atoms with van der Waals surface area (Å²) < 4.78 is 31.2.